The number of thioether (sulfide) groups is 1. The molecule has 26 heavy (non-hydrogen) atoms. The third-order valence-corrected chi connectivity index (χ3v) is 6.82. The Hall–Kier alpha value is -1.56. The number of nitrogens with zero attached hydrogens (tertiary/aromatic N) is 2. The van der Waals surface area contributed by atoms with Crippen LogP contribution in [0.2, 0.25) is 5.02 Å². The van der Waals surface area contributed by atoms with Crippen LogP contribution in [0.3, 0.4) is 0 Å². The minimum atomic E-state index is -0.0683. The van der Waals surface area contributed by atoms with E-state index < -0.39 is 0 Å². The van der Waals surface area contributed by atoms with Crippen LogP contribution < -0.4 is 4.80 Å². The number of rotatable bonds is 6. The van der Waals surface area contributed by atoms with E-state index in [1.807, 2.05) is 48.5 Å². The standard InChI is InChI=1S/C20H21ClN2OS2/c1-14-10-11-16(21)19-18(14)23(2)20(26-19)22-17(24)9-6-12-25-13-15-7-4-3-5-8-15/h3-5,7-8,10-11H,6,9,12-13H2,1-2H3. The van der Waals surface area contributed by atoms with Crippen LogP contribution in [0.4, 0.5) is 0 Å². The number of hydrogen-bond acceptors (Lipinski definition) is 3. The molecule has 1 heterocycles. The van der Waals surface area contributed by atoms with Crippen LogP contribution in [0, 0.1) is 6.92 Å². The second-order valence-electron chi connectivity index (χ2n) is 6.13. The summed E-state index contributed by atoms with van der Waals surface area (Å²) in [5.41, 5.74) is 3.50. The van der Waals surface area contributed by atoms with Gasteiger partial charge in [0, 0.05) is 19.2 Å². The van der Waals surface area contributed by atoms with E-state index in [0.717, 1.165) is 33.7 Å². The van der Waals surface area contributed by atoms with E-state index in [1.165, 1.54) is 16.9 Å². The fourth-order valence-electron chi connectivity index (χ4n) is 2.76. The number of carbonyl (C=O) groups excluding carboxylic acids is 1. The molecule has 3 nitrogen and oxygen atoms in total. The van der Waals surface area contributed by atoms with Crippen molar-refractivity contribution in [2.75, 3.05) is 5.75 Å². The number of amides is 1. The second-order valence-corrected chi connectivity index (χ2v) is 8.62. The molecule has 3 rings (SSSR count). The molecule has 3 aromatic rings. The van der Waals surface area contributed by atoms with Gasteiger partial charge in [-0.15, -0.1) is 0 Å². The van der Waals surface area contributed by atoms with Gasteiger partial charge in [0.1, 0.15) is 0 Å². The van der Waals surface area contributed by atoms with Gasteiger partial charge in [-0.3, -0.25) is 4.79 Å². The highest BCUT2D eigenvalue weighted by molar-refractivity contribution is 7.98. The Labute approximate surface area is 166 Å². The van der Waals surface area contributed by atoms with Gasteiger partial charge in [-0.2, -0.15) is 16.8 Å². The zero-order valence-corrected chi connectivity index (χ0v) is 17.3. The first-order valence-electron chi connectivity index (χ1n) is 8.50. The third-order valence-electron chi connectivity index (χ3n) is 4.11. The van der Waals surface area contributed by atoms with Crippen LogP contribution in [0.1, 0.15) is 24.0 Å². The molecule has 1 aromatic heterocycles. The number of hydrogen-bond donors (Lipinski definition) is 0. The highest BCUT2D eigenvalue weighted by Gasteiger charge is 2.10. The first-order chi connectivity index (χ1) is 12.6. The number of carbonyl (C=O) groups is 1. The van der Waals surface area contributed by atoms with Crippen molar-refractivity contribution in [2.45, 2.75) is 25.5 Å². The summed E-state index contributed by atoms with van der Waals surface area (Å²) in [6.07, 6.45) is 1.32. The van der Waals surface area contributed by atoms with Crippen LogP contribution in [0.5, 0.6) is 0 Å². The monoisotopic (exact) mass is 404 g/mol. The molecule has 0 saturated heterocycles. The third kappa shape index (κ3) is 4.58. The molecular weight excluding hydrogens is 384 g/mol. The fraction of sp³-hybridized carbons (Fsp3) is 0.300. The Balaban J connectivity index is 1.59. The average molecular weight is 405 g/mol. The first kappa shape index (κ1) is 19.2. The van der Waals surface area contributed by atoms with Crippen molar-refractivity contribution in [2.24, 2.45) is 12.0 Å². The molecule has 0 fully saturated rings. The summed E-state index contributed by atoms with van der Waals surface area (Å²) in [6, 6.07) is 14.3. The van der Waals surface area contributed by atoms with Gasteiger partial charge in [0.05, 0.1) is 15.2 Å². The highest BCUT2D eigenvalue weighted by atomic mass is 35.5. The van der Waals surface area contributed by atoms with Crippen molar-refractivity contribution in [1.29, 1.82) is 0 Å². The molecule has 0 spiro atoms. The first-order valence-corrected chi connectivity index (χ1v) is 10.8. The zero-order chi connectivity index (χ0) is 18.5. The number of fused-ring (bicyclic) bond motifs is 1. The lowest BCUT2D eigenvalue weighted by Crippen LogP contribution is -2.13. The van der Waals surface area contributed by atoms with Crippen molar-refractivity contribution in [3.05, 3.63) is 63.4 Å². The Morgan fingerprint density at radius 3 is 2.73 bits per heavy atom. The summed E-state index contributed by atoms with van der Waals surface area (Å²) < 4.78 is 2.95. The summed E-state index contributed by atoms with van der Waals surface area (Å²) in [5, 5.41) is 0.706. The maximum atomic E-state index is 12.2. The van der Waals surface area contributed by atoms with Crippen molar-refractivity contribution < 1.29 is 4.79 Å². The molecule has 6 heteroatoms. The summed E-state index contributed by atoms with van der Waals surface area (Å²) in [7, 11) is 1.93. The molecule has 0 aliphatic heterocycles. The van der Waals surface area contributed by atoms with E-state index in [9.17, 15) is 4.79 Å². The molecule has 0 aliphatic rings. The number of thiazole rings is 1. The van der Waals surface area contributed by atoms with Crippen LogP contribution in [0.15, 0.2) is 47.5 Å². The molecule has 0 bridgehead atoms. The van der Waals surface area contributed by atoms with Gasteiger partial charge in [0.15, 0.2) is 4.80 Å². The van der Waals surface area contributed by atoms with Gasteiger partial charge < -0.3 is 4.57 Å². The Kier molecular flexibility index (Phi) is 6.57. The van der Waals surface area contributed by atoms with Gasteiger partial charge in [-0.1, -0.05) is 59.3 Å². The molecule has 0 N–H and O–H groups in total. The maximum Gasteiger partial charge on any atom is 0.248 e. The predicted octanol–water partition coefficient (Wildman–Crippen LogP) is 5.34. The van der Waals surface area contributed by atoms with Gasteiger partial charge >= 0.3 is 0 Å². The van der Waals surface area contributed by atoms with Gasteiger partial charge in [-0.05, 0) is 36.3 Å². The lowest BCUT2D eigenvalue weighted by Gasteiger charge is -2.01. The second kappa shape index (κ2) is 8.89. The van der Waals surface area contributed by atoms with E-state index in [2.05, 4.69) is 29.3 Å². The molecule has 2 aromatic carbocycles. The maximum absolute atomic E-state index is 12.2. The van der Waals surface area contributed by atoms with Crippen LogP contribution >= 0.6 is 34.7 Å². The van der Waals surface area contributed by atoms with E-state index in [-0.39, 0.29) is 5.91 Å². The van der Waals surface area contributed by atoms with Gasteiger partial charge in [0.25, 0.3) is 0 Å². The molecule has 0 aliphatic carbocycles. The average Bonchev–Trinajstić information content (AvgIpc) is 2.96. The smallest absolute Gasteiger partial charge is 0.248 e. The van der Waals surface area contributed by atoms with Crippen molar-refractivity contribution in [1.82, 2.24) is 4.57 Å². The molecule has 0 saturated carbocycles. The topological polar surface area (TPSA) is 34.4 Å². The van der Waals surface area contributed by atoms with Gasteiger partial charge in [0.2, 0.25) is 5.91 Å². The molecule has 0 atom stereocenters. The van der Waals surface area contributed by atoms with E-state index >= 15 is 0 Å². The quantitative estimate of drug-likeness (QED) is 0.519. The van der Waals surface area contributed by atoms with Gasteiger partial charge in [-0.25, -0.2) is 0 Å². The Bertz CT molecular complexity index is 977. The SMILES string of the molecule is Cc1ccc(Cl)c2sc(=NC(=O)CCCSCc3ccccc3)n(C)c12. The van der Waals surface area contributed by atoms with Crippen molar-refractivity contribution in [3.8, 4) is 0 Å². The van der Waals surface area contributed by atoms with Crippen LogP contribution in [-0.4, -0.2) is 16.2 Å². The zero-order valence-electron chi connectivity index (χ0n) is 14.9. The minimum Gasteiger partial charge on any atom is -0.319 e. The normalized spacial score (nSPS) is 12.0. The molecule has 136 valence electrons. The molecular formula is C20H21ClN2OS2. The van der Waals surface area contributed by atoms with E-state index in [1.54, 1.807) is 0 Å². The largest absolute Gasteiger partial charge is 0.319 e. The number of halogens is 1. The summed E-state index contributed by atoms with van der Waals surface area (Å²) in [4.78, 5) is 17.2. The van der Waals surface area contributed by atoms with Crippen molar-refractivity contribution in [3.63, 3.8) is 0 Å². The number of aromatic nitrogens is 1. The Morgan fingerprint density at radius 1 is 1.23 bits per heavy atom. The fourth-order valence-corrected chi connectivity index (χ4v) is 5.07. The molecule has 0 radical (unpaired) electrons. The van der Waals surface area contributed by atoms with Crippen LogP contribution in [0.25, 0.3) is 10.2 Å². The van der Waals surface area contributed by atoms with E-state index in [0.29, 0.717) is 16.2 Å². The predicted molar refractivity (Wildman–Crippen MR) is 113 cm³/mol. The number of benzene rings is 2. The van der Waals surface area contributed by atoms with Crippen LogP contribution in [-0.2, 0) is 17.6 Å². The lowest BCUT2D eigenvalue weighted by atomic mass is 10.2. The van der Waals surface area contributed by atoms with Crippen molar-refractivity contribution >= 4 is 50.8 Å². The summed E-state index contributed by atoms with van der Waals surface area (Å²) >= 11 is 9.61. The summed E-state index contributed by atoms with van der Waals surface area (Å²) in [6.45, 7) is 2.04. The lowest BCUT2D eigenvalue weighted by molar-refractivity contribution is -0.118. The summed E-state index contributed by atoms with van der Waals surface area (Å²) in [5.74, 6) is 1.87. The molecule has 1 amide bonds. The Morgan fingerprint density at radius 2 is 2.00 bits per heavy atom. The van der Waals surface area contributed by atoms with E-state index in [4.69, 9.17) is 11.6 Å². The number of aryl methyl sites for hydroxylation is 2. The minimum absolute atomic E-state index is 0.0683. The molecule has 0 unspecified atom stereocenters. The highest BCUT2D eigenvalue weighted by Crippen LogP contribution is 2.28.